The van der Waals surface area contributed by atoms with Gasteiger partial charge < -0.3 is 4.74 Å². The molecule has 0 aliphatic carbocycles. The lowest BCUT2D eigenvalue weighted by Crippen LogP contribution is -2.31. The lowest BCUT2D eigenvalue weighted by atomic mass is 10.2. The van der Waals surface area contributed by atoms with E-state index in [1.54, 1.807) is 44.6 Å². The highest BCUT2D eigenvalue weighted by molar-refractivity contribution is 7.89. The Morgan fingerprint density at radius 1 is 1.37 bits per heavy atom. The number of fused-ring (bicyclic) bond motifs is 1. The van der Waals surface area contributed by atoms with Crippen LogP contribution in [0.4, 0.5) is 0 Å². The van der Waals surface area contributed by atoms with Crippen LogP contribution in [0.2, 0.25) is 0 Å². The van der Waals surface area contributed by atoms with Crippen molar-refractivity contribution in [2.45, 2.75) is 17.9 Å². The molecule has 19 heavy (non-hydrogen) atoms. The van der Waals surface area contributed by atoms with Crippen molar-refractivity contribution in [2.75, 3.05) is 13.7 Å². The molecule has 0 amide bonds. The molecule has 0 aliphatic heterocycles. The minimum absolute atomic E-state index is 0.175. The fraction of sp³-hybridized carbons (Fsp3) is 0.308. The number of pyridine rings is 1. The highest BCUT2D eigenvalue weighted by atomic mass is 32.2. The van der Waals surface area contributed by atoms with Crippen LogP contribution in [0.1, 0.15) is 6.92 Å². The zero-order chi connectivity index (χ0) is 13.9. The molecule has 1 N–H and O–H groups in total. The fourth-order valence-corrected chi connectivity index (χ4v) is 3.06. The molecular weight excluding hydrogens is 264 g/mol. The number of nitrogens with one attached hydrogen (secondary N) is 1. The second kappa shape index (κ2) is 5.64. The zero-order valence-electron chi connectivity index (χ0n) is 10.8. The third-order valence-electron chi connectivity index (χ3n) is 2.89. The Bertz CT molecular complexity index is 665. The maximum absolute atomic E-state index is 12.3. The van der Waals surface area contributed by atoms with E-state index in [1.165, 1.54) is 0 Å². The van der Waals surface area contributed by atoms with Crippen molar-refractivity contribution in [3.05, 3.63) is 36.7 Å². The summed E-state index contributed by atoms with van der Waals surface area (Å²) in [5.41, 5.74) is 0. The van der Waals surface area contributed by atoms with E-state index in [2.05, 4.69) is 9.71 Å². The topological polar surface area (TPSA) is 68.3 Å². The predicted octanol–water partition coefficient (Wildman–Crippen LogP) is 1.55. The van der Waals surface area contributed by atoms with E-state index >= 15 is 0 Å². The number of aromatic nitrogens is 1. The molecule has 1 heterocycles. The van der Waals surface area contributed by atoms with Crippen molar-refractivity contribution in [2.24, 2.45) is 0 Å². The zero-order valence-corrected chi connectivity index (χ0v) is 11.6. The molecule has 5 nitrogen and oxygen atoms in total. The first-order valence-corrected chi connectivity index (χ1v) is 7.38. The van der Waals surface area contributed by atoms with Crippen LogP contribution in [-0.2, 0) is 14.8 Å². The van der Waals surface area contributed by atoms with E-state index in [0.29, 0.717) is 5.39 Å². The molecule has 0 aliphatic rings. The van der Waals surface area contributed by atoms with E-state index in [-0.39, 0.29) is 17.5 Å². The number of ether oxygens (including phenoxy) is 1. The number of sulfonamides is 1. The molecule has 0 saturated carbocycles. The van der Waals surface area contributed by atoms with Crippen LogP contribution in [0, 0.1) is 0 Å². The Morgan fingerprint density at radius 3 is 2.89 bits per heavy atom. The Hall–Kier alpha value is -1.50. The summed E-state index contributed by atoms with van der Waals surface area (Å²) in [6.45, 7) is 2.04. The summed E-state index contributed by atoms with van der Waals surface area (Å²) in [6.07, 6.45) is 3.05. The molecule has 1 aromatic carbocycles. The molecule has 0 bridgehead atoms. The van der Waals surface area contributed by atoms with Crippen molar-refractivity contribution in [1.29, 1.82) is 0 Å². The van der Waals surface area contributed by atoms with E-state index in [9.17, 15) is 8.42 Å². The maximum atomic E-state index is 12.3. The summed E-state index contributed by atoms with van der Waals surface area (Å²) < 4.78 is 32.1. The summed E-state index contributed by atoms with van der Waals surface area (Å²) in [7, 11) is -2.01. The monoisotopic (exact) mass is 280 g/mol. The average molecular weight is 280 g/mol. The quantitative estimate of drug-likeness (QED) is 0.902. The Labute approximate surface area is 112 Å². The van der Waals surface area contributed by atoms with Crippen LogP contribution < -0.4 is 4.72 Å². The van der Waals surface area contributed by atoms with Crippen molar-refractivity contribution in [3.63, 3.8) is 0 Å². The first kappa shape index (κ1) is 13.9. The molecule has 102 valence electrons. The third-order valence-corrected chi connectivity index (χ3v) is 4.38. The van der Waals surface area contributed by atoms with Crippen molar-refractivity contribution >= 4 is 20.8 Å². The van der Waals surface area contributed by atoms with Crippen LogP contribution in [0.5, 0.6) is 0 Å². The van der Waals surface area contributed by atoms with E-state index < -0.39 is 10.0 Å². The molecule has 6 heteroatoms. The number of benzene rings is 1. The molecule has 1 aromatic heterocycles. The van der Waals surface area contributed by atoms with Crippen LogP contribution in [0.3, 0.4) is 0 Å². The molecule has 0 saturated heterocycles. The first-order chi connectivity index (χ1) is 9.04. The summed E-state index contributed by atoms with van der Waals surface area (Å²) in [6, 6.07) is 6.82. The van der Waals surface area contributed by atoms with Crippen LogP contribution >= 0.6 is 0 Å². The summed E-state index contributed by atoms with van der Waals surface area (Å²) >= 11 is 0. The van der Waals surface area contributed by atoms with E-state index in [0.717, 1.165) is 5.39 Å². The van der Waals surface area contributed by atoms with Crippen LogP contribution in [0.25, 0.3) is 10.8 Å². The molecule has 1 unspecified atom stereocenters. The summed E-state index contributed by atoms with van der Waals surface area (Å²) in [5.74, 6) is 0. The highest BCUT2D eigenvalue weighted by Gasteiger charge is 2.17. The van der Waals surface area contributed by atoms with Gasteiger partial charge in [-0.25, -0.2) is 13.1 Å². The summed E-state index contributed by atoms with van der Waals surface area (Å²) in [5, 5.41) is 1.46. The lowest BCUT2D eigenvalue weighted by Gasteiger charge is -2.12. The van der Waals surface area contributed by atoms with Gasteiger partial charge in [-0.05, 0) is 19.1 Å². The van der Waals surface area contributed by atoms with Crippen molar-refractivity contribution in [3.8, 4) is 0 Å². The number of methoxy groups -OCH3 is 1. The van der Waals surface area contributed by atoms with Gasteiger partial charge in [-0.2, -0.15) is 0 Å². The lowest BCUT2D eigenvalue weighted by molar-refractivity contribution is 0.122. The number of rotatable bonds is 5. The Kier molecular flexibility index (Phi) is 4.14. The van der Waals surface area contributed by atoms with Gasteiger partial charge in [0.25, 0.3) is 0 Å². The van der Waals surface area contributed by atoms with Gasteiger partial charge in [0, 0.05) is 36.8 Å². The molecule has 0 spiro atoms. The maximum Gasteiger partial charge on any atom is 0.241 e. The average Bonchev–Trinajstić information content (AvgIpc) is 2.44. The van der Waals surface area contributed by atoms with Gasteiger partial charge in [-0.3, -0.25) is 4.98 Å². The summed E-state index contributed by atoms with van der Waals surface area (Å²) in [4.78, 5) is 4.25. The SMILES string of the molecule is COC(C)CNS(=O)(=O)c1cccc2cnccc12. The van der Waals surface area contributed by atoms with Gasteiger partial charge in [-0.15, -0.1) is 0 Å². The third kappa shape index (κ3) is 3.09. The first-order valence-electron chi connectivity index (χ1n) is 5.90. The molecular formula is C13H16N2O3S. The van der Waals surface area contributed by atoms with E-state index in [4.69, 9.17) is 4.74 Å². The number of hydrogen-bond donors (Lipinski definition) is 1. The minimum atomic E-state index is -3.55. The van der Waals surface area contributed by atoms with Gasteiger partial charge in [0.05, 0.1) is 11.0 Å². The molecule has 0 radical (unpaired) electrons. The van der Waals surface area contributed by atoms with E-state index in [1.807, 2.05) is 6.07 Å². The largest absolute Gasteiger partial charge is 0.380 e. The Morgan fingerprint density at radius 2 is 2.16 bits per heavy atom. The van der Waals surface area contributed by atoms with Gasteiger partial charge >= 0.3 is 0 Å². The molecule has 2 rings (SSSR count). The number of nitrogens with zero attached hydrogens (tertiary/aromatic N) is 1. The van der Waals surface area contributed by atoms with Gasteiger partial charge in [0.2, 0.25) is 10.0 Å². The second-order valence-corrected chi connectivity index (χ2v) is 5.99. The Balaban J connectivity index is 2.38. The van der Waals surface area contributed by atoms with Gasteiger partial charge in [-0.1, -0.05) is 12.1 Å². The highest BCUT2D eigenvalue weighted by Crippen LogP contribution is 2.21. The predicted molar refractivity (Wildman–Crippen MR) is 73.4 cm³/mol. The van der Waals surface area contributed by atoms with Crippen molar-refractivity contribution in [1.82, 2.24) is 9.71 Å². The molecule has 1 atom stereocenters. The molecule has 2 aromatic rings. The van der Waals surface area contributed by atoms with Crippen LogP contribution in [-0.4, -0.2) is 33.2 Å². The normalized spacial score (nSPS) is 13.6. The number of hydrogen-bond acceptors (Lipinski definition) is 4. The second-order valence-electron chi connectivity index (χ2n) is 4.25. The smallest absolute Gasteiger partial charge is 0.241 e. The van der Waals surface area contributed by atoms with Crippen LogP contribution in [0.15, 0.2) is 41.6 Å². The standard InChI is InChI=1S/C13H16N2O3S/c1-10(18-2)8-15-19(16,17)13-5-3-4-11-9-14-7-6-12(11)13/h3-7,9-10,15H,8H2,1-2H3. The van der Waals surface area contributed by atoms with Gasteiger partial charge in [0.1, 0.15) is 0 Å². The fourth-order valence-electron chi connectivity index (χ4n) is 1.72. The van der Waals surface area contributed by atoms with Gasteiger partial charge in [0.15, 0.2) is 0 Å². The molecule has 0 fully saturated rings. The van der Waals surface area contributed by atoms with Crippen molar-refractivity contribution < 1.29 is 13.2 Å². The minimum Gasteiger partial charge on any atom is -0.380 e.